The number of aliphatic hydroxyl groups is 1. The van der Waals surface area contributed by atoms with E-state index < -0.39 is 25.2 Å². The lowest BCUT2D eigenvalue weighted by Gasteiger charge is -2.21. The minimum absolute atomic E-state index is 0.0323. The van der Waals surface area contributed by atoms with E-state index in [9.17, 15) is 18.0 Å². The summed E-state index contributed by atoms with van der Waals surface area (Å²) >= 11 is 0. The van der Waals surface area contributed by atoms with Gasteiger partial charge in [0.05, 0.1) is 0 Å². The van der Waals surface area contributed by atoms with Gasteiger partial charge in [0.2, 0.25) is 0 Å². The third-order valence-electron chi connectivity index (χ3n) is 3.23. The molecule has 0 heterocycles. The van der Waals surface area contributed by atoms with Gasteiger partial charge in [-0.25, -0.2) is 0 Å². The van der Waals surface area contributed by atoms with Gasteiger partial charge in [-0.15, -0.1) is 0 Å². The normalized spacial score (nSPS) is 13.2. The minimum atomic E-state index is -4.42. The Labute approximate surface area is 134 Å². The molecule has 0 fully saturated rings. The van der Waals surface area contributed by atoms with Crippen molar-refractivity contribution in [1.29, 1.82) is 0 Å². The van der Waals surface area contributed by atoms with E-state index in [1.807, 2.05) is 13.8 Å². The average Bonchev–Trinajstić information content (AvgIpc) is 2.48. The maximum absolute atomic E-state index is 12.8. The first kappa shape index (κ1) is 19.4. The number of aliphatic hydroxyl groups excluding tert-OH is 1. The van der Waals surface area contributed by atoms with Gasteiger partial charge in [0.25, 0.3) is 5.91 Å². The smallest absolute Gasteiger partial charge is 0.396 e. The van der Waals surface area contributed by atoms with Crippen LogP contribution < -0.4 is 10.6 Å². The van der Waals surface area contributed by atoms with Crippen molar-refractivity contribution < 1.29 is 23.1 Å². The summed E-state index contributed by atoms with van der Waals surface area (Å²) in [6, 6.07) is 4.70. The average molecular weight is 332 g/mol. The van der Waals surface area contributed by atoms with Crippen molar-refractivity contribution in [3.63, 3.8) is 0 Å². The van der Waals surface area contributed by atoms with Crippen molar-refractivity contribution in [3.05, 3.63) is 35.4 Å². The third-order valence-corrected chi connectivity index (χ3v) is 3.23. The van der Waals surface area contributed by atoms with Crippen LogP contribution in [-0.2, 0) is 6.54 Å². The van der Waals surface area contributed by atoms with E-state index in [-0.39, 0.29) is 12.5 Å². The van der Waals surface area contributed by atoms with Gasteiger partial charge in [0.1, 0.15) is 6.04 Å². The number of nitrogens with one attached hydrogen (secondary N) is 2. The van der Waals surface area contributed by atoms with Crippen LogP contribution in [0.1, 0.15) is 36.2 Å². The Hall–Kier alpha value is -1.60. The molecule has 130 valence electrons. The highest BCUT2D eigenvalue weighted by molar-refractivity contribution is 5.94. The number of alkyl halides is 3. The SMILES string of the molecule is CC(C)CNC(=O)c1cccc(CN[C@@H](CCO)C(F)(F)F)c1. The fourth-order valence-electron chi connectivity index (χ4n) is 1.97. The molecule has 1 amide bonds. The Balaban J connectivity index is 2.67. The Bertz CT molecular complexity index is 504. The van der Waals surface area contributed by atoms with E-state index in [1.165, 1.54) is 0 Å². The molecule has 0 saturated carbocycles. The highest BCUT2D eigenvalue weighted by Crippen LogP contribution is 2.22. The molecule has 3 N–H and O–H groups in total. The van der Waals surface area contributed by atoms with Crippen LogP contribution in [-0.4, -0.2) is 36.4 Å². The molecule has 0 bridgehead atoms. The Morgan fingerprint density at radius 3 is 2.57 bits per heavy atom. The van der Waals surface area contributed by atoms with E-state index in [2.05, 4.69) is 10.6 Å². The molecule has 0 aliphatic heterocycles. The van der Waals surface area contributed by atoms with E-state index in [1.54, 1.807) is 24.3 Å². The molecular weight excluding hydrogens is 309 g/mol. The molecule has 1 rings (SSSR count). The van der Waals surface area contributed by atoms with Crippen molar-refractivity contribution in [3.8, 4) is 0 Å². The molecule has 0 spiro atoms. The minimum Gasteiger partial charge on any atom is -0.396 e. The summed E-state index contributed by atoms with van der Waals surface area (Å²) in [6.45, 7) is 3.90. The number of benzene rings is 1. The van der Waals surface area contributed by atoms with Crippen LogP contribution in [0.4, 0.5) is 13.2 Å². The van der Waals surface area contributed by atoms with E-state index >= 15 is 0 Å². The Morgan fingerprint density at radius 1 is 1.30 bits per heavy atom. The summed E-state index contributed by atoms with van der Waals surface area (Å²) in [6.07, 6.45) is -4.83. The number of halogens is 3. The lowest BCUT2D eigenvalue weighted by atomic mass is 10.1. The van der Waals surface area contributed by atoms with Gasteiger partial charge in [-0.2, -0.15) is 13.2 Å². The molecule has 0 aliphatic rings. The standard InChI is InChI=1S/C16H23F3N2O2/c1-11(2)9-21-15(23)13-5-3-4-12(8-13)10-20-14(6-7-22)16(17,18)19/h3-5,8,11,14,20,22H,6-7,9-10H2,1-2H3,(H,21,23)/t14-/m0/s1. The second-order valence-corrected chi connectivity index (χ2v) is 5.79. The van der Waals surface area contributed by atoms with Crippen molar-refractivity contribution in [1.82, 2.24) is 10.6 Å². The summed E-state index contributed by atoms with van der Waals surface area (Å²) in [5.74, 6) is 0.0677. The maximum Gasteiger partial charge on any atom is 0.403 e. The van der Waals surface area contributed by atoms with Crippen molar-refractivity contribution in [2.75, 3.05) is 13.2 Å². The van der Waals surface area contributed by atoms with Crippen LogP contribution in [0.25, 0.3) is 0 Å². The monoisotopic (exact) mass is 332 g/mol. The van der Waals surface area contributed by atoms with Crippen LogP contribution >= 0.6 is 0 Å². The predicted octanol–water partition coefficient (Wildman–Crippen LogP) is 2.48. The quantitative estimate of drug-likeness (QED) is 0.685. The van der Waals surface area contributed by atoms with E-state index in [0.29, 0.717) is 23.6 Å². The molecule has 4 nitrogen and oxygen atoms in total. The van der Waals surface area contributed by atoms with Gasteiger partial charge in [-0.05, 0) is 30.0 Å². The highest BCUT2D eigenvalue weighted by Gasteiger charge is 2.38. The van der Waals surface area contributed by atoms with Gasteiger partial charge >= 0.3 is 6.18 Å². The summed E-state index contributed by atoms with van der Waals surface area (Å²) in [5, 5.41) is 13.9. The largest absolute Gasteiger partial charge is 0.403 e. The lowest BCUT2D eigenvalue weighted by molar-refractivity contribution is -0.159. The summed E-state index contributed by atoms with van der Waals surface area (Å²) in [5.41, 5.74) is 0.991. The summed E-state index contributed by atoms with van der Waals surface area (Å²) < 4.78 is 38.3. The number of amides is 1. The fourth-order valence-corrected chi connectivity index (χ4v) is 1.97. The second-order valence-electron chi connectivity index (χ2n) is 5.79. The van der Waals surface area contributed by atoms with Crippen LogP contribution in [0.2, 0.25) is 0 Å². The van der Waals surface area contributed by atoms with Crippen LogP contribution in [0.15, 0.2) is 24.3 Å². The topological polar surface area (TPSA) is 61.4 Å². The maximum atomic E-state index is 12.8. The van der Waals surface area contributed by atoms with Crippen molar-refractivity contribution in [2.45, 2.75) is 39.0 Å². The molecule has 0 saturated heterocycles. The van der Waals surface area contributed by atoms with E-state index in [4.69, 9.17) is 5.11 Å². The number of carbonyl (C=O) groups is 1. The fraction of sp³-hybridized carbons (Fsp3) is 0.562. The predicted molar refractivity (Wildman–Crippen MR) is 82.0 cm³/mol. The molecule has 0 aliphatic carbocycles. The first-order valence-corrected chi connectivity index (χ1v) is 7.52. The van der Waals surface area contributed by atoms with E-state index in [0.717, 1.165) is 0 Å². The van der Waals surface area contributed by atoms with Crippen LogP contribution in [0, 0.1) is 5.92 Å². The van der Waals surface area contributed by atoms with Gasteiger partial charge < -0.3 is 15.7 Å². The highest BCUT2D eigenvalue weighted by atomic mass is 19.4. The summed E-state index contributed by atoms with van der Waals surface area (Å²) in [4.78, 5) is 12.0. The molecule has 1 aromatic carbocycles. The zero-order chi connectivity index (χ0) is 17.5. The molecule has 0 radical (unpaired) electrons. The Kier molecular flexibility index (Phi) is 7.51. The molecule has 0 unspecified atom stereocenters. The van der Waals surface area contributed by atoms with Gasteiger partial charge in [-0.1, -0.05) is 26.0 Å². The lowest BCUT2D eigenvalue weighted by Crippen LogP contribution is -2.42. The number of hydrogen-bond donors (Lipinski definition) is 3. The first-order valence-electron chi connectivity index (χ1n) is 7.52. The third kappa shape index (κ3) is 7.00. The summed E-state index contributed by atoms with van der Waals surface area (Å²) in [7, 11) is 0. The van der Waals surface area contributed by atoms with Gasteiger partial charge in [0, 0.05) is 25.3 Å². The zero-order valence-corrected chi connectivity index (χ0v) is 13.3. The molecule has 0 aromatic heterocycles. The number of carbonyl (C=O) groups excluding carboxylic acids is 1. The molecule has 7 heteroatoms. The molecular formula is C16H23F3N2O2. The van der Waals surface area contributed by atoms with Gasteiger partial charge in [-0.3, -0.25) is 4.79 Å². The number of rotatable bonds is 8. The van der Waals surface area contributed by atoms with Crippen LogP contribution in [0.3, 0.4) is 0 Å². The van der Waals surface area contributed by atoms with Crippen LogP contribution in [0.5, 0.6) is 0 Å². The molecule has 23 heavy (non-hydrogen) atoms. The van der Waals surface area contributed by atoms with Crippen molar-refractivity contribution in [2.24, 2.45) is 5.92 Å². The number of hydrogen-bond acceptors (Lipinski definition) is 3. The molecule has 1 atom stereocenters. The first-order chi connectivity index (χ1) is 10.7. The Morgan fingerprint density at radius 2 is 2.00 bits per heavy atom. The molecule has 1 aromatic rings. The van der Waals surface area contributed by atoms with Crippen molar-refractivity contribution >= 4 is 5.91 Å². The zero-order valence-electron chi connectivity index (χ0n) is 13.3. The van der Waals surface area contributed by atoms with Gasteiger partial charge in [0.15, 0.2) is 0 Å². The second kappa shape index (κ2) is 8.88.